The van der Waals surface area contributed by atoms with Gasteiger partial charge in [0.2, 0.25) is 5.91 Å². The van der Waals surface area contributed by atoms with Crippen LogP contribution in [0.1, 0.15) is 19.4 Å². The number of fused-ring (bicyclic) bond motifs is 1. The fraction of sp³-hybridized carbons (Fsp3) is 0.462. The number of benzene rings is 1. The van der Waals surface area contributed by atoms with E-state index in [0.29, 0.717) is 5.92 Å². The molecule has 1 heterocycles. The molecule has 16 heavy (non-hydrogen) atoms. The Hall–Kier alpha value is -1.35. The first-order valence-electron chi connectivity index (χ1n) is 5.74. The molecule has 1 amide bonds. The van der Waals surface area contributed by atoms with E-state index in [9.17, 15) is 4.79 Å². The van der Waals surface area contributed by atoms with Crippen LogP contribution in [0.25, 0.3) is 0 Å². The molecule has 2 rings (SSSR count). The van der Waals surface area contributed by atoms with Crippen LogP contribution in [0.15, 0.2) is 24.3 Å². The predicted octanol–water partition coefficient (Wildman–Crippen LogP) is 1.56. The topological polar surface area (TPSA) is 46.3 Å². The Bertz CT molecular complexity index is 401. The van der Waals surface area contributed by atoms with E-state index >= 15 is 0 Å². The predicted molar refractivity (Wildman–Crippen MR) is 65.3 cm³/mol. The van der Waals surface area contributed by atoms with Crippen LogP contribution >= 0.6 is 0 Å². The summed E-state index contributed by atoms with van der Waals surface area (Å²) in [5.74, 6) is 0.511. The van der Waals surface area contributed by atoms with E-state index in [1.54, 1.807) is 6.92 Å². The van der Waals surface area contributed by atoms with Crippen LogP contribution in [0.4, 0.5) is 5.69 Å². The van der Waals surface area contributed by atoms with Crippen molar-refractivity contribution in [3.05, 3.63) is 29.8 Å². The number of nitrogens with two attached hydrogens (primary N) is 1. The molecule has 0 spiro atoms. The quantitative estimate of drug-likeness (QED) is 0.777. The Labute approximate surface area is 96.2 Å². The Kier molecular flexibility index (Phi) is 2.97. The number of carbonyl (C=O) groups excluding carboxylic acids is 1. The highest BCUT2D eigenvalue weighted by Crippen LogP contribution is 2.29. The minimum Gasteiger partial charge on any atom is -0.320 e. The van der Waals surface area contributed by atoms with Gasteiger partial charge in [0.05, 0.1) is 6.04 Å². The third kappa shape index (κ3) is 1.95. The Morgan fingerprint density at radius 1 is 1.50 bits per heavy atom. The minimum atomic E-state index is -0.432. The molecule has 0 radical (unpaired) electrons. The van der Waals surface area contributed by atoms with Crippen LogP contribution in [0, 0.1) is 5.92 Å². The molecule has 1 aromatic carbocycles. The summed E-state index contributed by atoms with van der Waals surface area (Å²) in [4.78, 5) is 13.8. The molecule has 0 bridgehead atoms. The molecule has 2 atom stereocenters. The maximum Gasteiger partial charge on any atom is 0.243 e. The summed E-state index contributed by atoms with van der Waals surface area (Å²) < 4.78 is 0. The lowest BCUT2D eigenvalue weighted by molar-refractivity contribution is -0.119. The number of nitrogens with zero attached hydrogens (tertiary/aromatic N) is 1. The molecule has 0 fully saturated rings. The number of para-hydroxylation sites is 1. The van der Waals surface area contributed by atoms with E-state index in [1.807, 2.05) is 23.1 Å². The first kappa shape index (κ1) is 11.1. The first-order valence-corrected chi connectivity index (χ1v) is 5.74. The van der Waals surface area contributed by atoms with Crippen molar-refractivity contribution in [2.24, 2.45) is 11.7 Å². The van der Waals surface area contributed by atoms with Gasteiger partial charge in [-0.2, -0.15) is 0 Å². The standard InChI is InChI=1S/C13H18N2O/c1-9-7-11-5-3-4-6-12(11)15(8-9)13(16)10(2)14/h3-6,9-10H,7-8,14H2,1-2H3/t9?,10-/m0/s1. The summed E-state index contributed by atoms with van der Waals surface area (Å²) in [6, 6.07) is 7.65. The van der Waals surface area contributed by atoms with Gasteiger partial charge in [-0.3, -0.25) is 4.79 Å². The van der Waals surface area contributed by atoms with Crippen LogP contribution in [0.2, 0.25) is 0 Å². The maximum absolute atomic E-state index is 12.0. The van der Waals surface area contributed by atoms with E-state index < -0.39 is 6.04 Å². The zero-order chi connectivity index (χ0) is 11.7. The lowest BCUT2D eigenvalue weighted by Crippen LogP contribution is -2.46. The van der Waals surface area contributed by atoms with E-state index in [4.69, 9.17) is 5.73 Å². The van der Waals surface area contributed by atoms with Gasteiger partial charge in [0, 0.05) is 12.2 Å². The van der Waals surface area contributed by atoms with E-state index in [1.165, 1.54) is 5.56 Å². The smallest absolute Gasteiger partial charge is 0.243 e. The molecule has 3 heteroatoms. The number of rotatable bonds is 1. The third-order valence-electron chi connectivity index (χ3n) is 3.00. The number of hydrogen-bond donors (Lipinski definition) is 1. The van der Waals surface area contributed by atoms with Crippen LogP contribution < -0.4 is 10.6 Å². The van der Waals surface area contributed by atoms with Gasteiger partial charge in [-0.1, -0.05) is 25.1 Å². The molecule has 2 N–H and O–H groups in total. The number of carbonyl (C=O) groups is 1. The van der Waals surface area contributed by atoms with E-state index in [0.717, 1.165) is 18.7 Å². The Balaban J connectivity index is 2.37. The molecule has 0 aliphatic carbocycles. The first-order chi connectivity index (χ1) is 7.59. The van der Waals surface area contributed by atoms with E-state index in [-0.39, 0.29) is 5.91 Å². The summed E-state index contributed by atoms with van der Waals surface area (Å²) in [6.45, 7) is 4.68. The molecular formula is C13H18N2O. The molecule has 1 unspecified atom stereocenters. The summed E-state index contributed by atoms with van der Waals surface area (Å²) in [6.07, 6.45) is 1.04. The van der Waals surface area contributed by atoms with Crippen molar-refractivity contribution in [2.45, 2.75) is 26.3 Å². The minimum absolute atomic E-state index is 0.0130. The molecule has 3 nitrogen and oxygen atoms in total. The van der Waals surface area contributed by atoms with Gasteiger partial charge in [0.1, 0.15) is 0 Å². The van der Waals surface area contributed by atoms with Crippen molar-refractivity contribution in [2.75, 3.05) is 11.4 Å². The van der Waals surface area contributed by atoms with Gasteiger partial charge < -0.3 is 10.6 Å². The van der Waals surface area contributed by atoms with Crippen molar-refractivity contribution < 1.29 is 4.79 Å². The number of anilines is 1. The second kappa shape index (κ2) is 4.26. The molecule has 0 saturated heterocycles. The average Bonchev–Trinajstić information content (AvgIpc) is 2.26. The normalized spacial score (nSPS) is 21.4. The van der Waals surface area contributed by atoms with Gasteiger partial charge in [-0.15, -0.1) is 0 Å². The van der Waals surface area contributed by atoms with Crippen LogP contribution in [-0.2, 0) is 11.2 Å². The highest BCUT2D eigenvalue weighted by Gasteiger charge is 2.27. The zero-order valence-electron chi connectivity index (χ0n) is 9.81. The van der Waals surface area contributed by atoms with Crippen LogP contribution in [0.5, 0.6) is 0 Å². The van der Waals surface area contributed by atoms with Crippen LogP contribution in [-0.4, -0.2) is 18.5 Å². The molecule has 1 aliphatic heterocycles. The number of hydrogen-bond acceptors (Lipinski definition) is 2. The average molecular weight is 218 g/mol. The lowest BCUT2D eigenvalue weighted by atomic mass is 9.93. The van der Waals surface area contributed by atoms with Gasteiger partial charge in [-0.25, -0.2) is 0 Å². The van der Waals surface area contributed by atoms with Crippen molar-refractivity contribution >= 4 is 11.6 Å². The summed E-state index contributed by atoms with van der Waals surface area (Å²) in [7, 11) is 0. The maximum atomic E-state index is 12.0. The molecule has 1 aromatic rings. The fourth-order valence-electron chi connectivity index (χ4n) is 2.25. The van der Waals surface area contributed by atoms with Crippen molar-refractivity contribution in [3.63, 3.8) is 0 Å². The Morgan fingerprint density at radius 2 is 2.19 bits per heavy atom. The highest BCUT2D eigenvalue weighted by molar-refractivity contribution is 5.97. The fourth-order valence-corrected chi connectivity index (χ4v) is 2.25. The molecular weight excluding hydrogens is 200 g/mol. The largest absolute Gasteiger partial charge is 0.320 e. The van der Waals surface area contributed by atoms with Crippen molar-refractivity contribution in [3.8, 4) is 0 Å². The second-order valence-corrected chi connectivity index (χ2v) is 4.68. The molecule has 0 aromatic heterocycles. The second-order valence-electron chi connectivity index (χ2n) is 4.68. The zero-order valence-corrected chi connectivity index (χ0v) is 9.81. The highest BCUT2D eigenvalue weighted by atomic mass is 16.2. The van der Waals surface area contributed by atoms with Gasteiger partial charge in [0.15, 0.2) is 0 Å². The van der Waals surface area contributed by atoms with Crippen LogP contribution in [0.3, 0.4) is 0 Å². The molecule has 0 saturated carbocycles. The lowest BCUT2D eigenvalue weighted by Gasteiger charge is -2.34. The summed E-state index contributed by atoms with van der Waals surface area (Å²) in [5.41, 5.74) is 7.95. The monoisotopic (exact) mass is 218 g/mol. The Morgan fingerprint density at radius 3 is 2.88 bits per heavy atom. The SMILES string of the molecule is CC1Cc2ccccc2N(C(=O)[C@H](C)N)C1. The molecule has 86 valence electrons. The molecule has 1 aliphatic rings. The third-order valence-corrected chi connectivity index (χ3v) is 3.00. The van der Waals surface area contributed by atoms with E-state index in [2.05, 4.69) is 13.0 Å². The summed E-state index contributed by atoms with van der Waals surface area (Å²) in [5, 5.41) is 0. The van der Waals surface area contributed by atoms with Crippen molar-refractivity contribution in [1.29, 1.82) is 0 Å². The van der Waals surface area contributed by atoms with Gasteiger partial charge in [-0.05, 0) is 30.9 Å². The van der Waals surface area contributed by atoms with Gasteiger partial charge in [0.25, 0.3) is 0 Å². The summed E-state index contributed by atoms with van der Waals surface area (Å²) >= 11 is 0. The number of amides is 1. The van der Waals surface area contributed by atoms with Crippen molar-refractivity contribution in [1.82, 2.24) is 0 Å². The van der Waals surface area contributed by atoms with Gasteiger partial charge >= 0.3 is 0 Å².